The maximum absolute atomic E-state index is 12.8. The molecule has 0 spiro atoms. The highest BCUT2D eigenvalue weighted by Gasteiger charge is 2.13. The number of carbonyl (C=O) groups excluding carboxylic acids is 1. The van der Waals surface area contributed by atoms with Gasteiger partial charge in [-0.15, -0.1) is 0 Å². The number of rotatable bonds is 2. The van der Waals surface area contributed by atoms with Gasteiger partial charge in [0.1, 0.15) is 5.82 Å². The van der Waals surface area contributed by atoms with Crippen molar-refractivity contribution in [2.24, 2.45) is 0 Å². The number of methoxy groups -OCH3 is 1. The smallest absolute Gasteiger partial charge is 0.339 e. The Bertz CT molecular complexity index is 502. The molecular formula is C12H9FO2S. The lowest BCUT2D eigenvalue weighted by Gasteiger charge is -2.02. The molecule has 0 bridgehead atoms. The van der Waals surface area contributed by atoms with Crippen LogP contribution in [0.2, 0.25) is 0 Å². The minimum Gasteiger partial charge on any atom is -0.465 e. The zero-order valence-electron chi connectivity index (χ0n) is 8.57. The number of ether oxygens (including phenoxy) is 1. The van der Waals surface area contributed by atoms with E-state index in [0.717, 1.165) is 11.1 Å². The summed E-state index contributed by atoms with van der Waals surface area (Å²) in [6.45, 7) is 0. The van der Waals surface area contributed by atoms with Gasteiger partial charge in [-0.1, -0.05) is 12.1 Å². The Morgan fingerprint density at radius 3 is 2.56 bits per heavy atom. The van der Waals surface area contributed by atoms with Gasteiger partial charge in [-0.2, -0.15) is 11.3 Å². The quantitative estimate of drug-likeness (QED) is 0.747. The van der Waals surface area contributed by atoms with E-state index in [1.54, 1.807) is 17.5 Å². The molecule has 1 aromatic carbocycles. The molecule has 0 saturated carbocycles. The first-order valence-electron chi connectivity index (χ1n) is 4.63. The van der Waals surface area contributed by atoms with Crippen LogP contribution in [0.1, 0.15) is 10.4 Å². The van der Waals surface area contributed by atoms with E-state index in [1.807, 2.05) is 5.38 Å². The van der Waals surface area contributed by atoms with Crippen molar-refractivity contribution in [1.29, 1.82) is 0 Å². The van der Waals surface area contributed by atoms with Crippen LogP contribution in [-0.2, 0) is 4.74 Å². The minimum atomic E-state index is -0.374. The fraction of sp³-hybridized carbons (Fsp3) is 0.0833. The third-order valence-corrected chi connectivity index (χ3v) is 2.97. The molecule has 1 aromatic heterocycles. The molecule has 0 aliphatic heterocycles. The molecule has 0 radical (unpaired) electrons. The van der Waals surface area contributed by atoms with Crippen LogP contribution in [0, 0.1) is 5.82 Å². The van der Waals surface area contributed by atoms with E-state index in [2.05, 4.69) is 4.74 Å². The van der Waals surface area contributed by atoms with E-state index in [9.17, 15) is 9.18 Å². The van der Waals surface area contributed by atoms with Crippen LogP contribution in [0.4, 0.5) is 4.39 Å². The molecule has 0 atom stereocenters. The summed E-state index contributed by atoms with van der Waals surface area (Å²) in [6, 6.07) is 6.02. The van der Waals surface area contributed by atoms with Crippen LogP contribution < -0.4 is 0 Å². The van der Waals surface area contributed by atoms with Gasteiger partial charge >= 0.3 is 5.97 Å². The molecule has 82 valence electrons. The SMILES string of the molecule is COC(=O)c1cscc1-c1ccc(F)cc1. The second-order valence-corrected chi connectivity index (χ2v) is 3.94. The average molecular weight is 236 g/mol. The highest BCUT2D eigenvalue weighted by atomic mass is 32.1. The predicted molar refractivity (Wildman–Crippen MR) is 61.1 cm³/mol. The van der Waals surface area contributed by atoms with Gasteiger partial charge in [0, 0.05) is 10.9 Å². The summed E-state index contributed by atoms with van der Waals surface area (Å²) in [7, 11) is 1.34. The minimum absolute atomic E-state index is 0.293. The molecule has 0 aliphatic rings. The lowest BCUT2D eigenvalue weighted by Crippen LogP contribution is -2.00. The van der Waals surface area contributed by atoms with E-state index in [4.69, 9.17) is 0 Å². The van der Waals surface area contributed by atoms with Crippen LogP contribution in [0.15, 0.2) is 35.0 Å². The average Bonchev–Trinajstić information content (AvgIpc) is 2.78. The Morgan fingerprint density at radius 1 is 1.25 bits per heavy atom. The normalized spacial score (nSPS) is 10.1. The zero-order chi connectivity index (χ0) is 11.5. The van der Waals surface area contributed by atoms with Crippen LogP contribution in [-0.4, -0.2) is 13.1 Å². The van der Waals surface area contributed by atoms with Gasteiger partial charge in [0.25, 0.3) is 0 Å². The molecule has 0 fully saturated rings. The third-order valence-electron chi connectivity index (χ3n) is 2.22. The summed E-state index contributed by atoms with van der Waals surface area (Å²) in [4.78, 5) is 11.4. The first kappa shape index (κ1) is 10.8. The van der Waals surface area contributed by atoms with Crippen molar-refractivity contribution < 1.29 is 13.9 Å². The molecule has 4 heteroatoms. The molecule has 2 nitrogen and oxygen atoms in total. The van der Waals surface area contributed by atoms with Crippen LogP contribution in [0.5, 0.6) is 0 Å². The summed E-state index contributed by atoms with van der Waals surface area (Å²) in [5.74, 6) is -0.667. The maximum atomic E-state index is 12.8. The molecule has 0 saturated heterocycles. The van der Waals surface area contributed by atoms with E-state index in [-0.39, 0.29) is 11.8 Å². The standard InChI is InChI=1S/C12H9FO2S/c1-15-12(14)11-7-16-6-10(11)8-2-4-9(13)5-3-8/h2-7H,1H3. The lowest BCUT2D eigenvalue weighted by molar-refractivity contribution is 0.0602. The Kier molecular flexibility index (Phi) is 3.01. The molecule has 0 amide bonds. The molecule has 0 unspecified atom stereocenters. The van der Waals surface area contributed by atoms with E-state index in [1.165, 1.54) is 30.6 Å². The topological polar surface area (TPSA) is 26.3 Å². The van der Waals surface area contributed by atoms with Gasteiger partial charge < -0.3 is 4.74 Å². The highest BCUT2D eigenvalue weighted by molar-refractivity contribution is 7.08. The fourth-order valence-corrected chi connectivity index (χ4v) is 2.24. The predicted octanol–water partition coefficient (Wildman–Crippen LogP) is 3.34. The molecule has 0 N–H and O–H groups in total. The summed E-state index contributed by atoms with van der Waals surface area (Å²) in [6.07, 6.45) is 0. The van der Waals surface area contributed by atoms with Crippen LogP contribution in [0.3, 0.4) is 0 Å². The van der Waals surface area contributed by atoms with E-state index >= 15 is 0 Å². The zero-order valence-corrected chi connectivity index (χ0v) is 9.38. The van der Waals surface area contributed by atoms with Gasteiger partial charge in [0.2, 0.25) is 0 Å². The van der Waals surface area contributed by atoms with Gasteiger partial charge in [0.15, 0.2) is 0 Å². The van der Waals surface area contributed by atoms with Crippen molar-refractivity contribution in [3.8, 4) is 11.1 Å². The van der Waals surface area contributed by atoms with Crippen molar-refractivity contribution in [2.75, 3.05) is 7.11 Å². The molecule has 1 heterocycles. The van der Waals surface area contributed by atoms with Gasteiger partial charge in [0.05, 0.1) is 12.7 Å². The highest BCUT2D eigenvalue weighted by Crippen LogP contribution is 2.28. The number of esters is 1. The first-order chi connectivity index (χ1) is 7.72. The van der Waals surface area contributed by atoms with Crippen molar-refractivity contribution in [2.45, 2.75) is 0 Å². The number of benzene rings is 1. The van der Waals surface area contributed by atoms with Gasteiger partial charge in [-0.05, 0) is 23.1 Å². The number of hydrogen-bond donors (Lipinski definition) is 0. The number of thiophene rings is 1. The van der Waals surface area contributed by atoms with Crippen LogP contribution in [0.25, 0.3) is 11.1 Å². The van der Waals surface area contributed by atoms with Gasteiger partial charge in [-0.3, -0.25) is 0 Å². The first-order valence-corrected chi connectivity index (χ1v) is 5.57. The monoisotopic (exact) mass is 236 g/mol. The van der Waals surface area contributed by atoms with Crippen molar-refractivity contribution in [3.05, 3.63) is 46.4 Å². The van der Waals surface area contributed by atoms with Crippen molar-refractivity contribution >= 4 is 17.3 Å². The second-order valence-electron chi connectivity index (χ2n) is 3.20. The molecule has 0 aliphatic carbocycles. The van der Waals surface area contributed by atoms with Crippen molar-refractivity contribution in [1.82, 2.24) is 0 Å². The molecule has 2 rings (SSSR count). The largest absolute Gasteiger partial charge is 0.465 e. The molecular weight excluding hydrogens is 227 g/mol. The number of hydrogen-bond acceptors (Lipinski definition) is 3. The molecule has 16 heavy (non-hydrogen) atoms. The van der Waals surface area contributed by atoms with Crippen molar-refractivity contribution in [3.63, 3.8) is 0 Å². The summed E-state index contributed by atoms with van der Waals surface area (Å²) >= 11 is 1.41. The maximum Gasteiger partial charge on any atom is 0.339 e. The van der Waals surface area contributed by atoms with E-state index in [0.29, 0.717) is 5.56 Å². The Balaban J connectivity index is 2.44. The van der Waals surface area contributed by atoms with Crippen LogP contribution >= 0.6 is 11.3 Å². The summed E-state index contributed by atoms with van der Waals surface area (Å²) < 4.78 is 17.4. The van der Waals surface area contributed by atoms with Gasteiger partial charge in [-0.25, -0.2) is 9.18 Å². The fourth-order valence-electron chi connectivity index (χ4n) is 1.42. The Labute approximate surface area is 96.3 Å². The number of halogens is 1. The lowest BCUT2D eigenvalue weighted by atomic mass is 10.1. The Morgan fingerprint density at radius 2 is 1.94 bits per heavy atom. The molecule has 2 aromatic rings. The third kappa shape index (κ3) is 1.97. The number of carbonyl (C=O) groups is 1. The second kappa shape index (κ2) is 4.45. The van der Waals surface area contributed by atoms with E-state index < -0.39 is 0 Å². The summed E-state index contributed by atoms with van der Waals surface area (Å²) in [5, 5.41) is 3.57. The summed E-state index contributed by atoms with van der Waals surface area (Å²) in [5.41, 5.74) is 2.10. The Hall–Kier alpha value is -1.68.